The van der Waals surface area contributed by atoms with Crippen LogP contribution in [-0.2, 0) is 0 Å². The molecule has 0 atom stereocenters. The van der Waals surface area contributed by atoms with E-state index < -0.39 is 0 Å². The summed E-state index contributed by atoms with van der Waals surface area (Å²) in [5.41, 5.74) is 8.92. The average Bonchev–Trinajstić information content (AvgIpc) is 2.70. The molecule has 150 valence electrons. The Morgan fingerprint density at radius 3 is 2.55 bits per heavy atom. The van der Waals surface area contributed by atoms with Crippen LogP contribution in [0, 0.1) is 0 Å². The van der Waals surface area contributed by atoms with E-state index in [2.05, 4.69) is 10.3 Å². The molecule has 7 heteroatoms. The molecule has 0 aliphatic heterocycles. The van der Waals surface area contributed by atoms with Crippen LogP contribution >= 0.6 is 11.6 Å². The molecule has 0 saturated heterocycles. The zero-order valence-electron chi connectivity index (χ0n) is 16.4. The smallest absolute Gasteiger partial charge is 0.255 e. The third-order valence-electron chi connectivity index (χ3n) is 4.25. The summed E-state index contributed by atoms with van der Waals surface area (Å²) in [5, 5.41) is 3.29. The number of nitrogens with one attached hydrogen (secondary N) is 1. The van der Waals surface area contributed by atoms with E-state index in [1.807, 2.05) is 43.3 Å². The van der Waals surface area contributed by atoms with Gasteiger partial charge < -0.3 is 20.7 Å². The molecule has 29 heavy (non-hydrogen) atoms. The van der Waals surface area contributed by atoms with Gasteiger partial charge in [0.1, 0.15) is 12.4 Å². The second-order valence-electron chi connectivity index (χ2n) is 6.77. The van der Waals surface area contributed by atoms with Crippen LogP contribution in [0.3, 0.4) is 0 Å². The number of para-hydroxylation sites is 2. The third-order valence-corrected chi connectivity index (χ3v) is 4.54. The summed E-state index contributed by atoms with van der Waals surface area (Å²) in [5.74, 6) is 0.384. The minimum absolute atomic E-state index is 0.238. The number of rotatable bonds is 7. The average molecular weight is 411 g/mol. The number of pyridine rings is 1. The van der Waals surface area contributed by atoms with Gasteiger partial charge in [-0.15, -0.1) is 0 Å². The van der Waals surface area contributed by atoms with Gasteiger partial charge in [-0.25, -0.2) is 0 Å². The predicted molar refractivity (Wildman–Crippen MR) is 118 cm³/mol. The van der Waals surface area contributed by atoms with Gasteiger partial charge >= 0.3 is 0 Å². The maximum absolute atomic E-state index is 12.4. The van der Waals surface area contributed by atoms with Gasteiger partial charge in [-0.05, 0) is 38.4 Å². The highest BCUT2D eigenvalue weighted by atomic mass is 35.5. The number of anilines is 2. The van der Waals surface area contributed by atoms with E-state index >= 15 is 0 Å². The molecule has 0 aliphatic carbocycles. The number of nitrogens with zero attached hydrogens (tertiary/aromatic N) is 2. The molecule has 3 rings (SSSR count). The fourth-order valence-corrected chi connectivity index (χ4v) is 2.91. The van der Waals surface area contributed by atoms with E-state index in [9.17, 15) is 4.79 Å². The molecular formula is C22H23ClN4O2. The highest BCUT2D eigenvalue weighted by molar-refractivity contribution is 6.33. The Labute approximate surface area is 175 Å². The first-order valence-electron chi connectivity index (χ1n) is 9.13. The minimum Gasteiger partial charge on any atom is -0.491 e. The van der Waals surface area contributed by atoms with Crippen molar-refractivity contribution in [3.8, 4) is 17.0 Å². The largest absolute Gasteiger partial charge is 0.491 e. The number of carbonyl (C=O) groups is 1. The molecule has 0 fully saturated rings. The van der Waals surface area contributed by atoms with Crippen molar-refractivity contribution in [3.05, 3.63) is 71.4 Å². The summed E-state index contributed by atoms with van der Waals surface area (Å²) in [6.45, 7) is 1.36. The number of nitrogens with two attached hydrogens (primary N) is 1. The normalized spacial score (nSPS) is 10.8. The van der Waals surface area contributed by atoms with Crippen LogP contribution < -0.4 is 15.8 Å². The summed E-state index contributed by atoms with van der Waals surface area (Å²) in [7, 11) is 3.97. The molecule has 2 aromatic carbocycles. The fraction of sp³-hybridized carbons (Fsp3) is 0.182. The third kappa shape index (κ3) is 5.47. The number of benzene rings is 2. The molecule has 0 spiro atoms. The Morgan fingerprint density at radius 1 is 1.17 bits per heavy atom. The monoisotopic (exact) mass is 410 g/mol. The number of ether oxygens (including phenoxy) is 1. The van der Waals surface area contributed by atoms with Gasteiger partial charge in [0.05, 0.1) is 28.3 Å². The van der Waals surface area contributed by atoms with Crippen molar-refractivity contribution in [2.45, 2.75) is 0 Å². The van der Waals surface area contributed by atoms with Crippen LogP contribution in [0.2, 0.25) is 5.02 Å². The van der Waals surface area contributed by atoms with Gasteiger partial charge in [-0.3, -0.25) is 9.78 Å². The minimum atomic E-state index is -0.238. The molecule has 1 aromatic heterocycles. The van der Waals surface area contributed by atoms with Crippen molar-refractivity contribution >= 4 is 28.9 Å². The highest BCUT2D eigenvalue weighted by Gasteiger charge is 2.11. The predicted octanol–water partition coefficient (Wildman–Crippen LogP) is 4.18. The van der Waals surface area contributed by atoms with Gasteiger partial charge in [0.2, 0.25) is 0 Å². The molecule has 0 radical (unpaired) electrons. The van der Waals surface area contributed by atoms with E-state index in [1.54, 1.807) is 36.5 Å². The molecule has 0 unspecified atom stereocenters. The van der Waals surface area contributed by atoms with E-state index in [0.717, 1.165) is 12.1 Å². The maximum atomic E-state index is 12.4. The molecule has 1 amide bonds. The standard InChI is InChI=1S/C22H23ClN4O2/c1-27(2)11-12-29-17-13-18(23)21(25-14-17)15-7-9-16(10-8-15)22(28)26-20-6-4-3-5-19(20)24/h3-10,13-14H,11-12,24H2,1-2H3,(H,26,28). The number of likely N-dealkylation sites (N-methyl/N-ethyl adjacent to an activating group) is 1. The summed E-state index contributed by atoms with van der Waals surface area (Å²) in [6, 6.07) is 15.9. The lowest BCUT2D eigenvalue weighted by atomic mass is 10.1. The number of aromatic nitrogens is 1. The van der Waals surface area contributed by atoms with Gasteiger partial charge in [0.25, 0.3) is 5.91 Å². The van der Waals surface area contributed by atoms with Crippen molar-refractivity contribution in [2.75, 3.05) is 38.3 Å². The number of carbonyl (C=O) groups excluding carboxylic acids is 1. The first-order chi connectivity index (χ1) is 13.9. The van der Waals surface area contributed by atoms with Gasteiger partial charge in [-0.2, -0.15) is 0 Å². The van der Waals surface area contributed by atoms with E-state index in [0.29, 0.717) is 40.0 Å². The fourth-order valence-electron chi connectivity index (χ4n) is 2.64. The number of hydrogen-bond acceptors (Lipinski definition) is 5. The second-order valence-corrected chi connectivity index (χ2v) is 7.18. The van der Waals surface area contributed by atoms with Crippen molar-refractivity contribution in [1.82, 2.24) is 9.88 Å². The molecule has 0 bridgehead atoms. The highest BCUT2D eigenvalue weighted by Crippen LogP contribution is 2.29. The quantitative estimate of drug-likeness (QED) is 0.571. The Kier molecular flexibility index (Phi) is 6.69. The summed E-state index contributed by atoms with van der Waals surface area (Å²) in [4.78, 5) is 18.9. The lowest BCUT2D eigenvalue weighted by Crippen LogP contribution is -2.19. The summed E-state index contributed by atoms with van der Waals surface area (Å²) in [6.07, 6.45) is 1.65. The lowest BCUT2D eigenvalue weighted by Gasteiger charge is -2.12. The summed E-state index contributed by atoms with van der Waals surface area (Å²) < 4.78 is 5.65. The van der Waals surface area contributed by atoms with E-state index in [1.165, 1.54) is 0 Å². The van der Waals surface area contributed by atoms with Crippen LogP contribution in [0.25, 0.3) is 11.3 Å². The molecule has 0 aliphatic rings. The lowest BCUT2D eigenvalue weighted by molar-refractivity contribution is 0.102. The topological polar surface area (TPSA) is 80.5 Å². The van der Waals surface area contributed by atoms with Crippen LogP contribution in [0.4, 0.5) is 11.4 Å². The van der Waals surface area contributed by atoms with Crippen LogP contribution in [0.5, 0.6) is 5.75 Å². The zero-order valence-corrected chi connectivity index (χ0v) is 17.1. The summed E-state index contributed by atoms with van der Waals surface area (Å²) >= 11 is 6.39. The van der Waals surface area contributed by atoms with Crippen molar-refractivity contribution in [1.29, 1.82) is 0 Å². The SMILES string of the molecule is CN(C)CCOc1cnc(-c2ccc(C(=O)Nc3ccccc3N)cc2)c(Cl)c1. The Hall–Kier alpha value is -3.09. The molecule has 6 nitrogen and oxygen atoms in total. The van der Waals surface area contributed by atoms with Gasteiger partial charge in [0.15, 0.2) is 0 Å². The molecule has 3 aromatic rings. The Morgan fingerprint density at radius 2 is 1.90 bits per heavy atom. The molecule has 0 saturated carbocycles. The molecular weight excluding hydrogens is 388 g/mol. The van der Waals surface area contributed by atoms with Crippen LogP contribution in [0.1, 0.15) is 10.4 Å². The molecule has 3 N–H and O–H groups in total. The van der Waals surface area contributed by atoms with Crippen LogP contribution in [0.15, 0.2) is 60.8 Å². The van der Waals surface area contributed by atoms with E-state index in [-0.39, 0.29) is 5.91 Å². The number of nitrogen functional groups attached to an aromatic ring is 1. The number of halogens is 1. The van der Waals surface area contributed by atoms with Crippen molar-refractivity contribution in [3.63, 3.8) is 0 Å². The van der Waals surface area contributed by atoms with Crippen LogP contribution in [-0.4, -0.2) is 43.0 Å². The Balaban J connectivity index is 1.69. The van der Waals surface area contributed by atoms with Gasteiger partial charge in [0, 0.05) is 23.7 Å². The zero-order chi connectivity index (χ0) is 20.8. The van der Waals surface area contributed by atoms with E-state index in [4.69, 9.17) is 22.1 Å². The first-order valence-corrected chi connectivity index (χ1v) is 9.51. The molecule has 1 heterocycles. The van der Waals surface area contributed by atoms with Crippen molar-refractivity contribution < 1.29 is 9.53 Å². The number of hydrogen-bond donors (Lipinski definition) is 2. The second kappa shape index (κ2) is 9.41. The van der Waals surface area contributed by atoms with Crippen molar-refractivity contribution in [2.24, 2.45) is 0 Å². The Bertz CT molecular complexity index is 990. The first kappa shape index (κ1) is 20.6. The maximum Gasteiger partial charge on any atom is 0.255 e. The number of amides is 1. The van der Waals surface area contributed by atoms with Gasteiger partial charge in [-0.1, -0.05) is 35.9 Å².